The van der Waals surface area contributed by atoms with Crippen LogP contribution in [0.1, 0.15) is 78.6 Å². The molecule has 0 saturated carbocycles. The summed E-state index contributed by atoms with van der Waals surface area (Å²) in [5.74, 6) is 0.767. The van der Waals surface area contributed by atoms with Gasteiger partial charge in [0.1, 0.15) is 0 Å². The van der Waals surface area contributed by atoms with E-state index in [1.807, 2.05) is 0 Å². The summed E-state index contributed by atoms with van der Waals surface area (Å²) in [6.45, 7) is 26.2. The number of allylic oxidation sites excluding steroid dienone is 4. The van der Waals surface area contributed by atoms with Crippen LogP contribution in [0.2, 0.25) is 0 Å². The second-order valence-corrected chi connectivity index (χ2v) is 9.38. The average molecular weight is 405 g/mol. The van der Waals surface area contributed by atoms with E-state index in [1.54, 1.807) is 5.57 Å². The van der Waals surface area contributed by atoms with Gasteiger partial charge in [0, 0.05) is 0 Å². The highest BCUT2D eigenvalue weighted by atomic mass is 14.2. The first-order valence-electron chi connectivity index (χ1n) is 11.3. The molecule has 0 radical (unpaired) electrons. The van der Waals surface area contributed by atoms with Gasteiger partial charge in [0.15, 0.2) is 0 Å². The quantitative estimate of drug-likeness (QED) is 0.410. The number of hydrogen-bond donors (Lipinski definition) is 0. The molecule has 0 heteroatoms. The molecular weight excluding hydrogens is 360 g/mol. The second kappa shape index (κ2) is 11.3. The molecule has 0 amide bonds. The number of rotatable bonds is 0. The Kier molecular flexibility index (Phi) is 9.82. The maximum absolute atomic E-state index is 2.34. The number of hydrogen-bond acceptors (Lipinski definition) is 0. The molecule has 30 heavy (non-hydrogen) atoms. The summed E-state index contributed by atoms with van der Waals surface area (Å²) in [6, 6.07) is 8.93. The molecule has 0 saturated heterocycles. The van der Waals surface area contributed by atoms with E-state index >= 15 is 0 Å². The molecule has 2 aromatic rings. The van der Waals surface area contributed by atoms with Gasteiger partial charge >= 0.3 is 0 Å². The lowest BCUT2D eigenvalue weighted by Gasteiger charge is -2.19. The Hall–Kier alpha value is -2.08. The highest BCUT2D eigenvalue weighted by Gasteiger charge is 2.11. The molecule has 1 atom stereocenters. The highest BCUT2D eigenvalue weighted by Crippen LogP contribution is 2.28. The molecule has 1 unspecified atom stereocenters. The van der Waals surface area contributed by atoms with E-state index in [9.17, 15) is 0 Å². The van der Waals surface area contributed by atoms with Gasteiger partial charge in [-0.3, -0.25) is 0 Å². The first-order valence-corrected chi connectivity index (χ1v) is 11.3. The Morgan fingerprint density at radius 1 is 0.567 bits per heavy atom. The number of benzene rings is 2. The monoisotopic (exact) mass is 404 g/mol. The smallest absolute Gasteiger partial charge is 0.0194 e. The Morgan fingerprint density at radius 2 is 0.967 bits per heavy atom. The minimum absolute atomic E-state index is 0.767. The summed E-state index contributed by atoms with van der Waals surface area (Å²) in [4.78, 5) is 0. The SMILES string of the molecule is CC1=CCC(C)C(C)=C1C.Cc1cc(C)c(C)c(C)c1.Cc1cc(C)c(C)cc1C. The van der Waals surface area contributed by atoms with Crippen molar-refractivity contribution in [2.24, 2.45) is 5.92 Å². The van der Waals surface area contributed by atoms with E-state index in [2.05, 4.69) is 113 Å². The molecule has 164 valence electrons. The van der Waals surface area contributed by atoms with Crippen molar-refractivity contribution in [2.45, 2.75) is 89.5 Å². The molecule has 0 fully saturated rings. The predicted octanol–water partition coefficient (Wildman–Crippen LogP) is 9.15. The molecular formula is C30H44. The molecule has 0 nitrogen and oxygen atoms in total. The van der Waals surface area contributed by atoms with E-state index in [4.69, 9.17) is 0 Å². The van der Waals surface area contributed by atoms with Crippen LogP contribution in [-0.2, 0) is 0 Å². The largest absolute Gasteiger partial charge is 0.0808 e. The van der Waals surface area contributed by atoms with Gasteiger partial charge in [0.2, 0.25) is 0 Å². The molecule has 0 aliphatic heterocycles. The van der Waals surface area contributed by atoms with Crippen molar-refractivity contribution in [1.29, 1.82) is 0 Å². The van der Waals surface area contributed by atoms with Gasteiger partial charge in [-0.15, -0.1) is 0 Å². The fourth-order valence-corrected chi connectivity index (χ4v) is 3.72. The third-order valence-electron chi connectivity index (χ3n) is 6.88. The van der Waals surface area contributed by atoms with Crippen LogP contribution in [0.4, 0.5) is 0 Å². The van der Waals surface area contributed by atoms with Crippen molar-refractivity contribution in [2.75, 3.05) is 0 Å². The Labute approximate surface area is 187 Å². The molecule has 2 aromatic carbocycles. The van der Waals surface area contributed by atoms with E-state index < -0.39 is 0 Å². The van der Waals surface area contributed by atoms with E-state index in [0.717, 1.165) is 5.92 Å². The fraction of sp³-hybridized carbons (Fsp3) is 0.467. The molecule has 0 bridgehead atoms. The standard InChI is InChI=1S/2C10H14.C10H16/c1-7-5-9(3)10(4)6-8(7)2;1-7-5-8(2)10(4)9(3)6-7;1-7-5-6-8(2)10(4)9(7)3/h2*5-6H,1-4H3;5,8H,6H2,1-4H3. The van der Waals surface area contributed by atoms with Crippen LogP contribution in [0.5, 0.6) is 0 Å². The molecule has 0 spiro atoms. The zero-order valence-electron chi connectivity index (χ0n) is 21.7. The van der Waals surface area contributed by atoms with Crippen molar-refractivity contribution < 1.29 is 0 Å². The van der Waals surface area contributed by atoms with Crippen LogP contribution >= 0.6 is 0 Å². The lowest BCUT2D eigenvalue weighted by atomic mass is 9.86. The Bertz CT molecular complexity index is 861. The third kappa shape index (κ3) is 7.31. The van der Waals surface area contributed by atoms with Crippen LogP contribution in [-0.4, -0.2) is 0 Å². The normalized spacial score (nSPS) is 15.6. The highest BCUT2D eigenvalue weighted by molar-refractivity contribution is 5.37. The lowest BCUT2D eigenvalue weighted by molar-refractivity contribution is 0.671. The van der Waals surface area contributed by atoms with Gasteiger partial charge in [0.05, 0.1) is 0 Å². The Balaban J connectivity index is 0.000000225. The Morgan fingerprint density at radius 3 is 1.33 bits per heavy atom. The van der Waals surface area contributed by atoms with Gasteiger partial charge in [-0.2, -0.15) is 0 Å². The summed E-state index contributed by atoms with van der Waals surface area (Å²) >= 11 is 0. The number of aryl methyl sites for hydroxylation is 7. The van der Waals surface area contributed by atoms with Gasteiger partial charge < -0.3 is 0 Å². The topological polar surface area (TPSA) is 0 Å². The minimum Gasteiger partial charge on any atom is -0.0808 e. The van der Waals surface area contributed by atoms with Gasteiger partial charge in [-0.25, -0.2) is 0 Å². The zero-order valence-corrected chi connectivity index (χ0v) is 21.7. The summed E-state index contributed by atoms with van der Waals surface area (Å²) in [5.41, 5.74) is 15.7. The minimum atomic E-state index is 0.767. The summed E-state index contributed by atoms with van der Waals surface area (Å²) in [5, 5.41) is 0. The van der Waals surface area contributed by atoms with Gasteiger partial charge in [-0.1, -0.05) is 54.0 Å². The van der Waals surface area contributed by atoms with Gasteiger partial charge in [0.25, 0.3) is 0 Å². The van der Waals surface area contributed by atoms with Crippen LogP contribution in [0, 0.1) is 61.3 Å². The second-order valence-electron chi connectivity index (χ2n) is 9.38. The summed E-state index contributed by atoms with van der Waals surface area (Å²) < 4.78 is 0. The lowest BCUT2D eigenvalue weighted by Crippen LogP contribution is -2.03. The average Bonchev–Trinajstić information content (AvgIpc) is 2.67. The van der Waals surface area contributed by atoms with E-state index in [1.165, 1.54) is 62.1 Å². The first-order chi connectivity index (χ1) is 13.8. The van der Waals surface area contributed by atoms with Crippen molar-refractivity contribution >= 4 is 0 Å². The van der Waals surface area contributed by atoms with Crippen molar-refractivity contribution in [1.82, 2.24) is 0 Å². The van der Waals surface area contributed by atoms with Gasteiger partial charge in [-0.05, 0) is 133 Å². The van der Waals surface area contributed by atoms with Crippen molar-refractivity contribution in [3.63, 3.8) is 0 Å². The van der Waals surface area contributed by atoms with E-state index in [-0.39, 0.29) is 0 Å². The van der Waals surface area contributed by atoms with Crippen LogP contribution in [0.15, 0.2) is 47.1 Å². The first kappa shape index (κ1) is 26.0. The summed E-state index contributed by atoms with van der Waals surface area (Å²) in [6.07, 6.45) is 3.57. The maximum atomic E-state index is 2.34. The van der Waals surface area contributed by atoms with Crippen molar-refractivity contribution in [3.8, 4) is 0 Å². The van der Waals surface area contributed by atoms with Crippen LogP contribution in [0.3, 0.4) is 0 Å². The maximum Gasteiger partial charge on any atom is -0.0194 e. The molecule has 0 N–H and O–H groups in total. The predicted molar refractivity (Wildman–Crippen MR) is 137 cm³/mol. The molecule has 0 heterocycles. The van der Waals surface area contributed by atoms with Crippen LogP contribution in [0.25, 0.3) is 0 Å². The van der Waals surface area contributed by atoms with E-state index in [0.29, 0.717) is 0 Å². The third-order valence-corrected chi connectivity index (χ3v) is 6.88. The summed E-state index contributed by atoms with van der Waals surface area (Å²) in [7, 11) is 0. The van der Waals surface area contributed by atoms with Crippen molar-refractivity contribution in [3.05, 3.63) is 91.6 Å². The molecule has 1 aliphatic carbocycles. The fourth-order valence-electron chi connectivity index (χ4n) is 3.72. The van der Waals surface area contributed by atoms with Crippen LogP contribution < -0.4 is 0 Å². The molecule has 3 rings (SSSR count). The molecule has 1 aliphatic rings. The molecule has 0 aromatic heterocycles. The zero-order chi connectivity index (χ0) is 23.2.